The van der Waals surface area contributed by atoms with Crippen LogP contribution in [-0.2, 0) is 6.54 Å². The van der Waals surface area contributed by atoms with Gasteiger partial charge in [0.1, 0.15) is 11.5 Å². The van der Waals surface area contributed by atoms with E-state index in [-0.39, 0.29) is 0 Å². The summed E-state index contributed by atoms with van der Waals surface area (Å²) in [6.07, 6.45) is 2.47. The molecule has 4 nitrogen and oxygen atoms in total. The van der Waals surface area contributed by atoms with E-state index in [4.69, 9.17) is 14.1 Å². The van der Waals surface area contributed by atoms with Gasteiger partial charge in [0.15, 0.2) is 0 Å². The molecule has 1 atom stereocenters. The molecule has 2 heterocycles. The number of rotatable bonds is 5. The van der Waals surface area contributed by atoms with E-state index < -0.39 is 0 Å². The molecule has 1 aliphatic heterocycles. The smallest absolute Gasteiger partial charge is 0.230 e. The quantitative estimate of drug-likeness (QED) is 0.602. The fourth-order valence-corrected chi connectivity index (χ4v) is 4.12. The molecule has 0 N–H and O–H groups in total. The van der Waals surface area contributed by atoms with Gasteiger partial charge in [-0.1, -0.05) is 42.0 Å². The van der Waals surface area contributed by atoms with E-state index in [2.05, 4.69) is 36.1 Å². The lowest BCUT2D eigenvalue weighted by Crippen LogP contribution is -2.34. The number of aryl methyl sites for hydroxylation is 2. The van der Waals surface area contributed by atoms with Gasteiger partial charge in [-0.15, -0.1) is 0 Å². The highest BCUT2D eigenvalue weighted by molar-refractivity contribution is 5.62. The molecule has 1 aliphatic rings. The van der Waals surface area contributed by atoms with Gasteiger partial charge in [-0.2, -0.15) is 0 Å². The molecule has 2 aromatic carbocycles. The van der Waals surface area contributed by atoms with Gasteiger partial charge in [0, 0.05) is 13.1 Å². The molecule has 0 spiro atoms. The Morgan fingerprint density at radius 1 is 1.14 bits per heavy atom. The molecule has 28 heavy (non-hydrogen) atoms. The van der Waals surface area contributed by atoms with E-state index in [0.717, 1.165) is 42.4 Å². The van der Waals surface area contributed by atoms with Gasteiger partial charge in [0.25, 0.3) is 0 Å². The number of benzene rings is 2. The van der Waals surface area contributed by atoms with E-state index in [1.165, 1.54) is 24.0 Å². The summed E-state index contributed by atoms with van der Waals surface area (Å²) >= 11 is 0. The zero-order chi connectivity index (χ0) is 19.5. The summed E-state index contributed by atoms with van der Waals surface area (Å²) in [7, 11) is 1.68. The van der Waals surface area contributed by atoms with Crippen LogP contribution < -0.4 is 4.74 Å². The van der Waals surface area contributed by atoms with Crippen molar-refractivity contribution in [3.63, 3.8) is 0 Å². The summed E-state index contributed by atoms with van der Waals surface area (Å²) in [5.41, 5.74) is 4.71. The zero-order valence-electron chi connectivity index (χ0n) is 16.9. The van der Waals surface area contributed by atoms with Gasteiger partial charge in [-0.3, -0.25) is 4.90 Å². The lowest BCUT2D eigenvalue weighted by Gasteiger charge is -2.32. The highest BCUT2D eigenvalue weighted by atomic mass is 16.5. The third-order valence-electron chi connectivity index (χ3n) is 5.62. The number of para-hydroxylation sites is 1. The van der Waals surface area contributed by atoms with Crippen molar-refractivity contribution < 1.29 is 9.15 Å². The highest BCUT2D eigenvalue weighted by Gasteiger charge is 2.24. The first kappa shape index (κ1) is 18.8. The van der Waals surface area contributed by atoms with Crippen molar-refractivity contribution >= 4 is 0 Å². The molecule has 146 valence electrons. The predicted molar refractivity (Wildman–Crippen MR) is 112 cm³/mol. The Morgan fingerprint density at radius 3 is 2.82 bits per heavy atom. The van der Waals surface area contributed by atoms with Gasteiger partial charge in [-0.05, 0) is 56.8 Å². The molecule has 3 aromatic rings. The largest absolute Gasteiger partial charge is 0.496 e. The molecule has 0 aliphatic carbocycles. The second-order valence-electron chi connectivity index (χ2n) is 7.71. The minimum Gasteiger partial charge on any atom is -0.496 e. The van der Waals surface area contributed by atoms with E-state index in [1.54, 1.807) is 7.11 Å². The van der Waals surface area contributed by atoms with Crippen molar-refractivity contribution in [1.82, 2.24) is 9.88 Å². The molecule has 1 fully saturated rings. The van der Waals surface area contributed by atoms with Gasteiger partial charge in [0.05, 0.1) is 18.4 Å². The maximum absolute atomic E-state index is 5.99. The number of aromatic nitrogens is 1. The monoisotopic (exact) mass is 376 g/mol. The second kappa shape index (κ2) is 8.19. The van der Waals surface area contributed by atoms with Crippen molar-refractivity contribution in [2.75, 3.05) is 20.2 Å². The van der Waals surface area contributed by atoms with Crippen LogP contribution in [0.5, 0.6) is 5.75 Å². The van der Waals surface area contributed by atoms with Crippen LogP contribution in [0, 0.1) is 13.8 Å². The summed E-state index contributed by atoms with van der Waals surface area (Å²) < 4.78 is 11.5. The predicted octanol–water partition coefficient (Wildman–Crippen LogP) is 5.35. The third-order valence-corrected chi connectivity index (χ3v) is 5.62. The average Bonchev–Trinajstić information content (AvgIpc) is 3.08. The van der Waals surface area contributed by atoms with Crippen molar-refractivity contribution in [1.29, 1.82) is 0 Å². The maximum atomic E-state index is 5.99. The number of ether oxygens (including phenoxy) is 1. The Morgan fingerprint density at radius 2 is 2.00 bits per heavy atom. The van der Waals surface area contributed by atoms with Crippen LogP contribution in [-0.4, -0.2) is 30.1 Å². The van der Waals surface area contributed by atoms with Crippen molar-refractivity contribution in [2.45, 2.75) is 39.2 Å². The van der Waals surface area contributed by atoms with E-state index >= 15 is 0 Å². The van der Waals surface area contributed by atoms with E-state index in [9.17, 15) is 0 Å². The molecule has 0 bridgehead atoms. The third kappa shape index (κ3) is 3.97. The molecule has 4 heteroatoms. The van der Waals surface area contributed by atoms with Crippen molar-refractivity contribution in [2.24, 2.45) is 0 Å². The zero-order valence-corrected chi connectivity index (χ0v) is 16.9. The molecule has 0 unspecified atom stereocenters. The first-order chi connectivity index (χ1) is 13.6. The van der Waals surface area contributed by atoms with Crippen LogP contribution in [0.15, 0.2) is 52.9 Å². The van der Waals surface area contributed by atoms with Crippen LogP contribution in [0.3, 0.4) is 0 Å². The van der Waals surface area contributed by atoms with Gasteiger partial charge in [-0.25, -0.2) is 4.98 Å². The Labute approximate surface area is 167 Å². The second-order valence-corrected chi connectivity index (χ2v) is 7.71. The number of nitrogens with zero attached hydrogens (tertiary/aromatic N) is 2. The van der Waals surface area contributed by atoms with Gasteiger partial charge < -0.3 is 9.15 Å². The molecule has 0 saturated carbocycles. The molecular formula is C24H28N2O2. The molecule has 1 aromatic heterocycles. The minimum atomic E-state index is 0.592. The number of piperidine rings is 1. The molecular weight excluding hydrogens is 348 g/mol. The summed E-state index contributed by atoms with van der Waals surface area (Å²) in [6.45, 7) is 7.18. The number of hydrogen-bond donors (Lipinski definition) is 0. The van der Waals surface area contributed by atoms with Gasteiger partial charge >= 0.3 is 0 Å². The Balaban J connectivity index is 1.51. The molecule has 1 saturated heterocycles. The number of hydrogen-bond acceptors (Lipinski definition) is 4. The molecule has 4 rings (SSSR count). The van der Waals surface area contributed by atoms with Gasteiger partial charge in [0.2, 0.25) is 5.89 Å². The molecule has 0 radical (unpaired) electrons. The van der Waals surface area contributed by atoms with E-state index in [1.807, 2.05) is 31.2 Å². The normalized spacial score (nSPS) is 17.6. The lowest BCUT2D eigenvalue weighted by atomic mass is 9.90. The van der Waals surface area contributed by atoms with Crippen LogP contribution >= 0.6 is 0 Å². The SMILES string of the molecule is COc1ccccc1-c1nc(CN2CCC[C@H](c3cccc(C)c3)C2)c(C)o1. The fourth-order valence-electron chi connectivity index (χ4n) is 4.12. The summed E-state index contributed by atoms with van der Waals surface area (Å²) in [6, 6.07) is 16.8. The minimum absolute atomic E-state index is 0.592. The fraction of sp³-hybridized carbons (Fsp3) is 0.375. The first-order valence-corrected chi connectivity index (χ1v) is 10.0. The van der Waals surface area contributed by atoms with Crippen LogP contribution in [0.1, 0.15) is 41.3 Å². The van der Waals surface area contributed by atoms with Crippen molar-refractivity contribution in [3.8, 4) is 17.2 Å². The molecule has 0 amide bonds. The number of methoxy groups -OCH3 is 1. The van der Waals surface area contributed by atoms with E-state index in [0.29, 0.717) is 11.8 Å². The topological polar surface area (TPSA) is 38.5 Å². The van der Waals surface area contributed by atoms with Crippen LogP contribution in [0.25, 0.3) is 11.5 Å². The highest BCUT2D eigenvalue weighted by Crippen LogP contribution is 2.32. The summed E-state index contributed by atoms with van der Waals surface area (Å²) in [5.74, 6) is 2.90. The summed E-state index contributed by atoms with van der Waals surface area (Å²) in [4.78, 5) is 7.31. The Hall–Kier alpha value is -2.59. The van der Waals surface area contributed by atoms with Crippen molar-refractivity contribution in [3.05, 3.63) is 71.1 Å². The Bertz CT molecular complexity index is 947. The van der Waals surface area contributed by atoms with Crippen LogP contribution in [0.4, 0.5) is 0 Å². The number of likely N-dealkylation sites (tertiary alicyclic amines) is 1. The Kier molecular flexibility index (Phi) is 5.49. The maximum Gasteiger partial charge on any atom is 0.230 e. The lowest BCUT2D eigenvalue weighted by molar-refractivity contribution is 0.197. The average molecular weight is 377 g/mol. The number of oxazole rings is 1. The standard InChI is InChI=1S/C24H28N2O2/c1-17-8-6-9-19(14-17)20-10-7-13-26(15-20)16-22-18(2)28-24(25-22)21-11-4-5-12-23(21)27-3/h4-6,8-9,11-12,14,20H,7,10,13,15-16H2,1-3H3/t20-/m0/s1. The first-order valence-electron chi connectivity index (χ1n) is 10.0. The summed E-state index contributed by atoms with van der Waals surface area (Å²) in [5, 5.41) is 0. The van der Waals surface area contributed by atoms with Crippen LogP contribution in [0.2, 0.25) is 0 Å².